The molecule has 4 aliphatic rings. The summed E-state index contributed by atoms with van der Waals surface area (Å²) in [5.41, 5.74) is -4.83. The monoisotopic (exact) mass is 396 g/mol. The molecule has 4 aliphatic carbocycles. The maximum Gasteiger partial charge on any atom is 0.199 e. The number of carbonyl (C=O) groups excluding carboxylic acids is 2. The standard InChI is InChI=1S/C22H33FO5/c1-12-8-15-14-5-4-13-9-16(25)17(26)10-19(13,2)22(14,23)18(27)11-20(15,3)21(12,28)6-7-24/h12-15,18,24,27-28H,4-11H2,1-3H3/t12?,13?,14-,15-,18?,19-,20-,21+,22-/m0/s1. The topological polar surface area (TPSA) is 94.8 Å². The number of aliphatic hydroxyl groups excluding tert-OH is 2. The van der Waals surface area contributed by atoms with Crippen molar-refractivity contribution in [3.05, 3.63) is 0 Å². The molecule has 4 saturated carbocycles. The van der Waals surface area contributed by atoms with Crippen molar-refractivity contribution in [1.82, 2.24) is 0 Å². The first-order valence-corrected chi connectivity index (χ1v) is 10.7. The third kappa shape index (κ3) is 2.17. The molecule has 9 atom stereocenters. The first-order valence-electron chi connectivity index (χ1n) is 10.7. The minimum Gasteiger partial charge on any atom is -0.396 e. The molecule has 0 aromatic heterocycles. The summed E-state index contributed by atoms with van der Waals surface area (Å²) in [6.45, 7) is 5.48. The summed E-state index contributed by atoms with van der Waals surface area (Å²) in [6, 6.07) is 0. The molecule has 6 heteroatoms. The van der Waals surface area contributed by atoms with Crippen LogP contribution in [0.4, 0.5) is 4.39 Å². The summed E-state index contributed by atoms with van der Waals surface area (Å²) in [6.07, 6.45) is 0.818. The van der Waals surface area contributed by atoms with Gasteiger partial charge in [-0.2, -0.15) is 0 Å². The van der Waals surface area contributed by atoms with Gasteiger partial charge in [-0.3, -0.25) is 9.59 Å². The number of halogens is 1. The van der Waals surface area contributed by atoms with Crippen LogP contribution in [0.5, 0.6) is 0 Å². The Hall–Kier alpha value is -0.850. The summed E-state index contributed by atoms with van der Waals surface area (Å²) >= 11 is 0. The van der Waals surface area contributed by atoms with E-state index in [0.717, 1.165) is 0 Å². The van der Waals surface area contributed by atoms with Crippen molar-refractivity contribution in [3.8, 4) is 0 Å². The van der Waals surface area contributed by atoms with Gasteiger partial charge in [0.1, 0.15) is 5.67 Å². The number of rotatable bonds is 2. The van der Waals surface area contributed by atoms with Crippen LogP contribution in [0.1, 0.15) is 65.7 Å². The zero-order valence-electron chi connectivity index (χ0n) is 17.1. The molecule has 5 nitrogen and oxygen atoms in total. The lowest BCUT2D eigenvalue weighted by molar-refractivity contribution is -0.256. The lowest BCUT2D eigenvalue weighted by atomic mass is 9.42. The maximum atomic E-state index is 17.0. The minimum atomic E-state index is -1.94. The summed E-state index contributed by atoms with van der Waals surface area (Å²) in [5.74, 6) is -1.85. The average molecular weight is 396 g/mol. The number of aliphatic hydroxyl groups is 3. The van der Waals surface area contributed by atoms with Crippen LogP contribution in [-0.2, 0) is 9.59 Å². The molecular weight excluding hydrogens is 363 g/mol. The number of hydrogen-bond donors (Lipinski definition) is 3. The van der Waals surface area contributed by atoms with Gasteiger partial charge in [-0.15, -0.1) is 0 Å². The molecule has 0 spiro atoms. The number of alkyl halides is 1. The molecule has 0 aromatic rings. The van der Waals surface area contributed by atoms with E-state index in [1.54, 1.807) is 6.92 Å². The van der Waals surface area contributed by atoms with Crippen molar-refractivity contribution in [2.24, 2.45) is 34.5 Å². The van der Waals surface area contributed by atoms with Crippen molar-refractivity contribution >= 4 is 11.6 Å². The van der Waals surface area contributed by atoms with Gasteiger partial charge < -0.3 is 15.3 Å². The van der Waals surface area contributed by atoms with Gasteiger partial charge in [0.25, 0.3) is 0 Å². The molecule has 3 unspecified atom stereocenters. The molecule has 158 valence electrons. The lowest BCUT2D eigenvalue weighted by Gasteiger charge is -2.65. The van der Waals surface area contributed by atoms with E-state index in [-0.39, 0.29) is 50.0 Å². The van der Waals surface area contributed by atoms with Gasteiger partial charge >= 0.3 is 0 Å². The molecular formula is C22H33FO5. The smallest absolute Gasteiger partial charge is 0.199 e. The highest BCUT2D eigenvalue weighted by Crippen LogP contribution is 2.71. The van der Waals surface area contributed by atoms with E-state index in [1.807, 2.05) is 13.8 Å². The largest absolute Gasteiger partial charge is 0.396 e. The Morgan fingerprint density at radius 3 is 2.43 bits per heavy atom. The molecule has 0 aliphatic heterocycles. The highest BCUT2D eigenvalue weighted by atomic mass is 19.1. The lowest BCUT2D eigenvalue weighted by Crippen LogP contribution is -2.71. The van der Waals surface area contributed by atoms with Gasteiger partial charge in [0.05, 0.1) is 11.7 Å². The van der Waals surface area contributed by atoms with E-state index in [9.17, 15) is 24.9 Å². The second-order valence-corrected chi connectivity index (χ2v) is 10.6. The summed E-state index contributed by atoms with van der Waals surface area (Å²) in [7, 11) is 0. The van der Waals surface area contributed by atoms with Crippen molar-refractivity contribution in [1.29, 1.82) is 0 Å². The molecule has 0 saturated heterocycles. The predicted octanol–water partition coefficient (Wildman–Crippen LogP) is 2.20. The third-order valence-electron chi connectivity index (χ3n) is 9.72. The molecule has 0 bridgehead atoms. The summed E-state index contributed by atoms with van der Waals surface area (Å²) in [4.78, 5) is 24.2. The zero-order chi connectivity index (χ0) is 20.7. The Bertz CT molecular complexity index is 711. The van der Waals surface area contributed by atoms with Gasteiger partial charge in [-0.25, -0.2) is 4.39 Å². The van der Waals surface area contributed by atoms with Gasteiger partial charge in [-0.05, 0) is 49.4 Å². The number of Topliss-reactive ketones (excluding diaryl/α,β-unsaturated/α-hetero) is 2. The van der Waals surface area contributed by atoms with E-state index in [1.165, 1.54) is 0 Å². The summed E-state index contributed by atoms with van der Waals surface area (Å²) < 4.78 is 17.0. The predicted molar refractivity (Wildman–Crippen MR) is 100 cm³/mol. The molecule has 0 aromatic carbocycles. The highest BCUT2D eigenvalue weighted by molar-refractivity contribution is 6.38. The quantitative estimate of drug-likeness (QED) is 0.622. The van der Waals surface area contributed by atoms with Crippen LogP contribution < -0.4 is 0 Å². The van der Waals surface area contributed by atoms with E-state index in [2.05, 4.69) is 0 Å². The van der Waals surface area contributed by atoms with E-state index in [0.29, 0.717) is 19.3 Å². The highest BCUT2D eigenvalue weighted by Gasteiger charge is 2.75. The van der Waals surface area contributed by atoms with Crippen molar-refractivity contribution < 1.29 is 29.3 Å². The second-order valence-electron chi connectivity index (χ2n) is 10.6. The van der Waals surface area contributed by atoms with Crippen LogP contribution in [0.3, 0.4) is 0 Å². The minimum absolute atomic E-state index is 0.0766. The fourth-order valence-electron chi connectivity index (χ4n) is 8.05. The molecule has 3 N–H and O–H groups in total. The van der Waals surface area contributed by atoms with Crippen LogP contribution in [0.25, 0.3) is 0 Å². The van der Waals surface area contributed by atoms with Crippen LogP contribution in [0.15, 0.2) is 0 Å². The van der Waals surface area contributed by atoms with Crippen LogP contribution in [0.2, 0.25) is 0 Å². The maximum absolute atomic E-state index is 17.0. The Morgan fingerprint density at radius 1 is 1.11 bits per heavy atom. The zero-order valence-corrected chi connectivity index (χ0v) is 17.1. The number of ketones is 2. The second kappa shape index (κ2) is 6.08. The first kappa shape index (κ1) is 20.4. The van der Waals surface area contributed by atoms with Crippen molar-refractivity contribution in [3.63, 3.8) is 0 Å². The molecule has 4 fully saturated rings. The first-order chi connectivity index (χ1) is 13.0. The average Bonchev–Trinajstić information content (AvgIpc) is 2.79. The SMILES string of the molecule is CC1C[C@H]2[C@@H]3CCC4CC(=O)C(=O)C[C@]4(C)[C@@]3(F)C(O)C[C@]2(C)[C@@]1(O)CCO. The fourth-order valence-corrected chi connectivity index (χ4v) is 8.05. The van der Waals surface area contributed by atoms with Gasteiger partial charge in [-0.1, -0.05) is 20.8 Å². The van der Waals surface area contributed by atoms with E-state index >= 15 is 4.39 Å². The molecule has 4 rings (SSSR count). The van der Waals surface area contributed by atoms with Crippen LogP contribution in [-0.4, -0.2) is 50.9 Å². The van der Waals surface area contributed by atoms with Gasteiger partial charge in [0, 0.05) is 36.7 Å². The number of hydrogen-bond acceptors (Lipinski definition) is 5. The normalized spacial score (nSPS) is 56.2. The van der Waals surface area contributed by atoms with E-state index < -0.39 is 45.7 Å². The third-order valence-corrected chi connectivity index (χ3v) is 9.72. The molecule has 28 heavy (non-hydrogen) atoms. The Morgan fingerprint density at radius 2 is 1.79 bits per heavy atom. The molecule has 0 heterocycles. The van der Waals surface area contributed by atoms with Gasteiger partial charge in [0.2, 0.25) is 0 Å². The van der Waals surface area contributed by atoms with Crippen molar-refractivity contribution in [2.45, 2.75) is 83.1 Å². The Kier molecular flexibility index (Phi) is 4.44. The van der Waals surface area contributed by atoms with E-state index in [4.69, 9.17) is 0 Å². The fraction of sp³-hybridized carbons (Fsp3) is 0.909. The summed E-state index contributed by atoms with van der Waals surface area (Å²) in [5, 5.41) is 32.2. The molecule has 0 amide bonds. The van der Waals surface area contributed by atoms with Crippen LogP contribution >= 0.6 is 0 Å². The Labute approximate surface area is 165 Å². The Balaban J connectivity index is 1.78. The van der Waals surface area contributed by atoms with Crippen molar-refractivity contribution in [2.75, 3.05) is 6.61 Å². The van der Waals surface area contributed by atoms with Gasteiger partial charge in [0.15, 0.2) is 11.6 Å². The number of carbonyl (C=O) groups is 2. The van der Waals surface area contributed by atoms with Crippen LogP contribution in [0, 0.1) is 34.5 Å². The number of fused-ring (bicyclic) bond motifs is 5. The molecule has 0 radical (unpaired) electrons.